The van der Waals surface area contributed by atoms with Gasteiger partial charge in [0.05, 0.1) is 0 Å². The number of hydrogen-bond donors (Lipinski definition) is 2. The summed E-state index contributed by atoms with van der Waals surface area (Å²) in [6.07, 6.45) is 4.48. The minimum atomic E-state index is -0.0964. The Hall–Kier alpha value is -2.24. The number of fused-ring (bicyclic) bond motifs is 1. The Labute approximate surface area is 122 Å². The van der Waals surface area contributed by atoms with Crippen molar-refractivity contribution in [2.45, 2.75) is 31.7 Å². The summed E-state index contributed by atoms with van der Waals surface area (Å²) < 4.78 is 10.9. The van der Waals surface area contributed by atoms with E-state index in [9.17, 15) is 4.79 Å². The van der Waals surface area contributed by atoms with Gasteiger partial charge in [-0.3, -0.25) is 4.79 Å². The number of hydrogen-bond acceptors (Lipinski definition) is 5. The summed E-state index contributed by atoms with van der Waals surface area (Å²) in [5.41, 5.74) is 1.25. The zero-order valence-electron chi connectivity index (χ0n) is 11.7. The maximum Gasteiger partial charge on any atom is 0.258 e. The average molecular weight is 290 g/mol. The van der Waals surface area contributed by atoms with Gasteiger partial charge in [0.2, 0.25) is 0 Å². The summed E-state index contributed by atoms with van der Waals surface area (Å²) in [6, 6.07) is 5.51. The van der Waals surface area contributed by atoms with Crippen molar-refractivity contribution in [3.63, 3.8) is 0 Å². The third-order valence-electron chi connectivity index (χ3n) is 3.84. The van der Waals surface area contributed by atoms with Gasteiger partial charge in [-0.2, -0.15) is 0 Å². The molecular formula is C15H18N2O4. The van der Waals surface area contributed by atoms with Crippen molar-refractivity contribution >= 4 is 11.6 Å². The normalized spacial score (nSPS) is 19.3. The van der Waals surface area contributed by atoms with Gasteiger partial charge in [0.25, 0.3) is 5.91 Å². The third kappa shape index (κ3) is 3.09. The largest absolute Gasteiger partial charge is 0.486 e. The molecule has 1 aliphatic carbocycles. The highest BCUT2D eigenvalue weighted by Gasteiger charge is 2.21. The lowest BCUT2D eigenvalue weighted by Crippen LogP contribution is -2.36. The summed E-state index contributed by atoms with van der Waals surface area (Å²) in [5, 5.41) is 15.0. The number of nitrogens with zero attached hydrogens (tertiary/aromatic N) is 1. The van der Waals surface area contributed by atoms with Crippen LogP contribution in [0, 0.1) is 0 Å². The molecule has 1 amide bonds. The topological polar surface area (TPSA) is 80.2 Å². The number of oxime groups is 1. The lowest BCUT2D eigenvalue weighted by atomic mass is 10.1. The first kappa shape index (κ1) is 13.7. The van der Waals surface area contributed by atoms with Crippen LogP contribution in [0.4, 0.5) is 0 Å². The van der Waals surface area contributed by atoms with Crippen molar-refractivity contribution in [3.8, 4) is 11.5 Å². The van der Waals surface area contributed by atoms with Crippen LogP contribution in [0.1, 0.15) is 31.2 Å². The van der Waals surface area contributed by atoms with Crippen LogP contribution in [0.3, 0.4) is 0 Å². The van der Waals surface area contributed by atoms with E-state index in [0.29, 0.717) is 23.3 Å². The Kier molecular flexibility index (Phi) is 3.94. The fourth-order valence-electron chi connectivity index (χ4n) is 2.75. The van der Waals surface area contributed by atoms with E-state index in [-0.39, 0.29) is 19.1 Å². The van der Waals surface area contributed by atoms with Gasteiger partial charge in [0.1, 0.15) is 23.8 Å². The fraction of sp³-hybridized carbons (Fsp3) is 0.467. The predicted octanol–water partition coefficient (Wildman–Crippen LogP) is 1.69. The lowest BCUT2D eigenvalue weighted by Gasteiger charge is -2.12. The van der Waals surface area contributed by atoms with Crippen LogP contribution in [0.2, 0.25) is 0 Å². The number of nitrogens with one attached hydrogen (secondary N) is 1. The molecule has 0 saturated heterocycles. The minimum Gasteiger partial charge on any atom is -0.486 e. The van der Waals surface area contributed by atoms with Crippen LogP contribution in [0.5, 0.6) is 11.5 Å². The molecule has 6 nitrogen and oxygen atoms in total. The summed E-state index contributed by atoms with van der Waals surface area (Å²) in [4.78, 5) is 11.8. The van der Waals surface area contributed by atoms with Crippen LogP contribution in [-0.2, 0) is 4.79 Å². The molecule has 3 rings (SSSR count). The molecule has 1 aliphatic heterocycles. The molecule has 2 N–H and O–H groups in total. The molecule has 0 unspecified atom stereocenters. The molecule has 0 bridgehead atoms. The molecule has 1 saturated carbocycles. The number of ether oxygens (including phenoxy) is 2. The second-order valence-electron chi connectivity index (χ2n) is 5.33. The first-order chi connectivity index (χ1) is 10.3. The van der Waals surface area contributed by atoms with Crippen molar-refractivity contribution in [1.29, 1.82) is 0 Å². The van der Waals surface area contributed by atoms with Crippen LogP contribution in [0.25, 0.3) is 0 Å². The van der Waals surface area contributed by atoms with Crippen molar-refractivity contribution in [1.82, 2.24) is 5.32 Å². The standard InChI is InChI=1S/C15H18N2O4/c18-15(16-10-3-1-2-4-10)9-20-11-5-6-12-13(17-19)8-21-14(12)7-11/h5-7,10,19H,1-4,8-9H2,(H,16,18). The molecule has 0 aromatic heterocycles. The third-order valence-corrected chi connectivity index (χ3v) is 3.84. The highest BCUT2D eigenvalue weighted by atomic mass is 16.5. The van der Waals surface area contributed by atoms with E-state index in [2.05, 4.69) is 10.5 Å². The van der Waals surface area contributed by atoms with Crippen LogP contribution in [0.15, 0.2) is 23.4 Å². The van der Waals surface area contributed by atoms with Crippen molar-refractivity contribution in [2.75, 3.05) is 13.2 Å². The summed E-state index contributed by atoms with van der Waals surface area (Å²) >= 11 is 0. The fourth-order valence-corrected chi connectivity index (χ4v) is 2.75. The average Bonchev–Trinajstić information content (AvgIpc) is 3.13. The molecule has 0 atom stereocenters. The molecule has 6 heteroatoms. The maximum atomic E-state index is 11.8. The van der Waals surface area contributed by atoms with E-state index in [4.69, 9.17) is 14.7 Å². The van der Waals surface area contributed by atoms with Crippen molar-refractivity contribution < 1.29 is 19.5 Å². The highest BCUT2D eigenvalue weighted by molar-refractivity contribution is 6.06. The van der Waals surface area contributed by atoms with Gasteiger partial charge in [-0.1, -0.05) is 18.0 Å². The van der Waals surface area contributed by atoms with Crippen molar-refractivity contribution in [2.24, 2.45) is 5.16 Å². The molecule has 0 spiro atoms. The van der Waals surface area contributed by atoms with E-state index in [1.807, 2.05) is 0 Å². The molecule has 2 aliphatic rings. The maximum absolute atomic E-state index is 11.8. The Morgan fingerprint density at radius 3 is 3.00 bits per heavy atom. The molecule has 1 aromatic rings. The highest BCUT2D eigenvalue weighted by Crippen LogP contribution is 2.29. The van der Waals surface area contributed by atoms with Crippen molar-refractivity contribution in [3.05, 3.63) is 23.8 Å². The molecule has 112 valence electrons. The van der Waals surface area contributed by atoms with Gasteiger partial charge in [0, 0.05) is 17.7 Å². The number of benzene rings is 1. The number of amides is 1. The molecule has 1 fully saturated rings. The van der Waals surface area contributed by atoms with E-state index >= 15 is 0 Å². The molecule has 1 aromatic carbocycles. The Balaban J connectivity index is 1.55. The zero-order valence-corrected chi connectivity index (χ0v) is 11.7. The van der Waals surface area contributed by atoms with E-state index in [1.54, 1.807) is 18.2 Å². The second-order valence-corrected chi connectivity index (χ2v) is 5.33. The molecular weight excluding hydrogens is 272 g/mol. The van der Waals surface area contributed by atoms with Crippen LogP contribution in [-0.4, -0.2) is 36.1 Å². The minimum absolute atomic E-state index is 0.00374. The summed E-state index contributed by atoms with van der Waals surface area (Å²) in [7, 11) is 0. The van der Waals surface area contributed by atoms with Crippen LogP contribution < -0.4 is 14.8 Å². The summed E-state index contributed by atoms with van der Waals surface area (Å²) in [6.45, 7) is 0.244. The van der Waals surface area contributed by atoms with Gasteiger partial charge >= 0.3 is 0 Å². The Morgan fingerprint density at radius 1 is 1.43 bits per heavy atom. The second kappa shape index (κ2) is 6.03. The monoisotopic (exact) mass is 290 g/mol. The van der Waals surface area contributed by atoms with Gasteiger partial charge in [-0.25, -0.2) is 0 Å². The molecule has 0 radical (unpaired) electrons. The number of carbonyl (C=O) groups excluding carboxylic acids is 1. The predicted molar refractivity (Wildman–Crippen MR) is 76.2 cm³/mol. The van der Waals surface area contributed by atoms with Gasteiger partial charge in [0.15, 0.2) is 6.61 Å². The summed E-state index contributed by atoms with van der Waals surface area (Å²) in [5.74, 6) is 1.08. The van der Waals surface area contributed by atoms with Gasteiger partial charge < -0.3 is 20.0 Å². The van der Waals surface area contributed by atoms with E-state index in [1.165, 1.54) is 12.8 Å². The SMILES string of the molecule is O=C(COc1ccc2c(c1)OCC2=NO)NC1CCCC1. The smallest absolute Gasteiger partial charge is 0.258 e. The van der Waals surface area contributed by atoms with E-state index < -0.39 is 0 Å². The quantitative estimate of drug-likeness (QED) is 0.653. The lowest BCUT2D eigenvalue weighted by molar-refractivity contribution is -0.123. The molecule has 1 heterocycles. The van der Waals surface area contributed by atoms with Gasteiger partial charge in [-0.15, -0.1) is 0 Å². The number of carbonyl (C=O) groups is 1. The zero-order chi connectivity index (χ0) is 14.7. The van der Waals surface area contributed by atoms with E-state index in [0.717, 1.165) is 18.4 Å². The Morgan fingerprint density at radius 2 is 2.24 bits per heavy atom. The first-order valence-corrected chi connectivity index (χ1v) is 7.16. The van der Waals surface area contributed by atoms with Crippen LogP contribution >= 0.6 is 0 Å². The first-order valence-electron chi connectivity index (χ1n) is 7.16. The van der Waals surface area contributed by atoms with Gasteiger partial charge in [-0.05, 0) is 25.0 Å². The number of rotatable bonds is 4. The molecule has 21 heavy (non-hydrogen) atoms. The Bertz CT molecular complexity index is 565.